The number of carbonyl (C=O) groups is 3. The normalized spacial score (nSPS) is 19.6. The van der Waals surface area contributed by atoms with Crippen molar-refractivity contribution in [3.63, 3.8) is 0 Å². The number of methoxy groups -OCH3 is 1. The zero-order valence-corrected chi connectivity index (χ0v) is 27.3. The second-order valence-corrected chi connectivity index (χ2v) is 12.3. The molecule has 2 amide bonds. The van der Waals surface area contributed by atoms with E-state index in [9.17, 15) is 24.6 Å². The summed E-state index contributed by atoms with van der Waals surface area (Å²) in [5.74, 6) is -1.30. The van der Waals surface area contributed by atoms with Crippen LogP contribution in [0.5, 0.6) is 0 Å². The summed E-state index contributed by atoms with van der Waals surface area (Å²) in [7, 11) is 1.28. The molecule has 1 saturated heterocycles. The molecule has 4 N–H and O–H groups in total. The number of aliphatic hydroxyl groups is 1. The number of hydrogen-bond donors (Lipinski definition) is 4. The highest BCUT2D eigenvalue weighted by molar-refractivity contribution is 7.99. The molecule has 3 aromatic carbocycles. The first-order valence-corrected chi connectivity index (χ1v) is 16.3. The number of aromatic nitrogens is 1. The van der Waals surface area contributed by atoms with Gasteiger partial charge in [0, 0.05) is 35.5 Å². The number of ether oxygens (including phenoxy) is 3. The first-order valence-electron chi connectivity index (χ1n) is 15.4. The number of carboxylic acids is 1. The highest BCUT2D eigenvalue weighted by Gasteiger charge is 2.38. The van der Waals surface area contributed by atoms with Crippen LogP contribution in [0.25, 0.3) is 0 Å². The van der Waals surface area contributed by atoms with Crippen LogP contribution in [0.1, 0.15) is 51.9 Å². The summed E-state index contributed by atoms with van der Waals surface area (Å²) < 4.78 is 17.9. The number of nitrogens with zero attached hydrogens (tertiary/aromatic N) is 1. The number of anilines is 1. The molecule has 5 atom stereocenters. The van der Waals surface area contributed by atoms with E-state index in [1.165, 1.54) is 24.9 Å². The Kier molecular flexibility index (Phi) is 11.8. The quantitative estimate of drug-likeness (QED) is 0.108. The topological polar surface area (TPSA) is 156 Å². The van der Waals surface area contributed by atoms with Gasteiger partial charge in [0.05, 0.1) is 31.5 Å². The number of benzene rings is 3. The van der Waals surface area contributed by atoms with Gasteiger partial charge in [0.25, 0.3) is 0 Å². The molecule has 1 aromatic heterocycles. The van der Waals surface area contributed by atoms with E-state index in [0.717, 1.165) is 16.7 Å². The molecule has 0 spiro atoms. The minimum Gasteiger partial charge on any atom is -0.478 e. The molecule has 250 valence electrons. The Labute approximate surface area is 282 Å². The van der Waals surface area contributed by atoms with E-state index >= 15 is 0 Å². The third-order valence-electron chi connectivity index (χ3n) is 8.02. The highest BCUT2D eigenvalue weighted by atomic mass is 32.2. The second kappa shape index (κ2) is 16.4. The molecule has 4 aromatic rings. The van der Waals surface area contributed by atoms with Gasteiger partial charge in [0.2, 0.25) is 0 Å². The molecule has 0 unspecified atom stereocenters. The summed E-state index contributed by atoms with van der Waals surface area (Å²) in [6, 6.07) is 25.6. The molecular weight excluding hydrogens is 634 g/mol. The Morgan fingerprint density at radius 1 is 0.917 bits per heavy atom. The molecule has 48 heavy (non-hydrogen) atoms. The molecule has 1 fully saturated rings. The van der Waals surface area contributed by atoms with Crippen molar-refractivity contribution in [2.75, 3.05) is 18.2 Å². The number of aliphatic hydroxyl groups excluding tert-OH is 1. The summed E-state index contributed by atoms with van der Waals surface area (Å²) >= 11 is 1.31. The van der Waals surface area contributed by atoms with Gasteiger partial charge in [-0.05, 0) is 41.0 Å². The number of aromatic carboxylic acids is 1. The largest absolute Gasteiger partial charge is 0.478 e. The van der Waals surface area contributed by atoms with Crippen molar-refractivity contribution >= 4 is 35.4 Å². The third-order valence-corrected chi connectivity index (χ3v) is 9.12. The zero-order chi connectivity index (χ0) is 34.0. The van der Waals surface area contributed by atoms with Crippen LogP contribution in [0.15, 0.2) is 102 Å². The Morgan fingerprint density at radius 3 is 2.29 bits per heavy atom. The number of carbonyl (C=O) groups excluding carboxylic acids is 2. The SMILES string of the molecule is COC(=O)[C@H](Cc1ccccc1)NC(=O)Nc1ccc([C@@H]2O[C@H](CSc3ncccc3C(=O)O)[C@H](C)[C@H](c3ccc(CO)cc3)O2)cc1. The number of pyridine rings is 1. The lowest BCUT2D eigenvalue weighted by atomic mass is 9.91. The standard InChI is InChI=1S/C36H37N3O8S/c1-22-30(21-48-32-28(33(41)42)9-6-18-37-32)46-35(47-31(22)25-12-10-24(20-40)11-13-25)26-14-16-27(17-15-26)38-36(44)39-29(34(43)45-2)19-23-7-4-3-5-8-23/h3-18,22,29-31,35,40H,19-21H2,1-2H3,(H,41,42)(H2,38,39,44)/t22-,29-,30+,31+,35+/m0/s1. The zero-order valence-electron chi connectivity index (χ0n) is 26.4. The second-order valence-electron chi connectivity index (χ2n) is 11.3. The smallest absolute Gasteiger partial charge is 0.338 e. The van der Waals surface area contributed by atoms with E-state index in [-0.39, 0.29) is 36.7 Å². The number of thioether (sulfide) groups is 1. The van der Waals surface area contributed by atoms with Crippen LogP contribution in [-0.2, 0) is 32.0 Å². The summed E-state index contributed by atoms with van der Waals surface area (Å²) in [6.45, 7) is 1.95. The highest BCUT2D eigenvalue weighted by Crippen LogP contribution is 2.43. The monoisotopic (exact) mass is 671 g/mol. The van der Waals surface area contributed by atoms with Crippen LogP contribution in [0.3, 0.4) is 0 Å². The van der Waals surface area contributed by atoms with Crippen LogP contribution < -0.4 is 10.6 Å². The van der Waals surface area contributed by atoms with Gasteiger partial charge in [-0.25, -0.2) is 19.4 Å². The van der Waals surface area contributed by atoms with E-state index < -0.39 is 30.3 Å². The van der Waals surface area contributed by atoms with Gasteiger partial charge in [-0.2, -0.15) is 0 Å². The minimum atomic E-state index is -1.05. The Bertz CT molecular complexity index is 1690. The van der Waals surface area contributed by atoms with E-state index in [4.69, 9.17) is 14.2 Å². The predicted molar refractivity (Wildman–Crippen MR) is 179 cm³/mol. The van der Waals surface area contributed by atoms with Gasteiger partial charge in [-0.15, -0.1) is 11.8 Å². The first kappa shape index (κ1) is 34.6. The molecular formula is C36H37N3O8S. The Hall–Kier alpha value is -4.75. The van der Waals surface area contributed by atoms with Crippen molar-refractivity contribution in [1.82, 2.24) is 10.3 Å². The maximum absolute atomic E-state index is 12.9. The average Bonchev–Trinajstić information content (AvgIpc) is 3.11. The van der Waals surface area contributed by atoms with Crippen LogP contribution >= 0.6 is 11.8 Å². The van der Waals surface area contributed by atoms with Crippen molar-refractivity contribution in [3.8, 4) is 0 Å². The number of hydrogen-bond acceptors (Lipinski definition) is 9. The molecule has 1 aliphatic heterocycles. The molecule has 12 heteroatoms. The van der Waals surface area contributed by atoms with Crippen molar-refractivity contribution < 1.29 is 38.8 Å². The van der Waals surface area contributed by atoms with Crippen LogP contribution in [0.4, 0.5) is 10.5 Å². The van der Waals surface area contributed by atoms with Gasteiger partial charge >= 0.3 is 18.0 Å². The van der Waals surface area contributed by atoms with Crippen molar-refractivity contribution in [1.29, 1.82) is 0 Å². The molecule has 0 radical (unpaired) electrons. The predicted octanol–water partition coefficient (Wildman–Crippen LogP) is 5.76. The van der Waals surface area contributed by atoms with Gasteiger partial charge in [0.15, 0.2) is 6.29 Å². The molecule has 0 aliphatic carbocycles. The number of carboxylic acid groups (broad SMARTS) is 1. The van der Waals surface area contributed by atoms with Crippen LogP contribution in [0.2, 0.25) is 0 Å². The van der Waals surface area contributed by atoms with E-state index in [1.54, 1.807) is 36.5 Å². The summed E-state index contributed by atoms with van der Waals surface area (Å²) in [5.41, 5.74) is 3.89. The number of esters is 1. The molecule has 11 nitrogen and oxygen atoms in total. The number of nitrogens with one attached hydrogen (secondary N) is 2. The molecule has 0 saturated carbocycles. The minimum absolute atomic E-state index is 0.0723. The van der Waals surface area contributed by atoms with Gasteiger partial charge < -0.3 is 35.1 Å². The number of urea groups is 1. The van der Waals surface area contributed by atoms with Gasteiger partial charge in [-0.3, -0.25) is 0 Å². The molecule has 2 heterocycles. The fourth-order valence-electron chi connectivity index (χ4n) is 5.37. The third kappa shape index (κ3) is 8.78. The summed E-state index contributed by atoms with van der Waals surface area (Å²) in [5, 5.41) is 25.0. The number of amides is 2. The first-order chi connectivity index (χ1) is 23.2. The Balaban J connectivity index is 1.30. The molecule has 5 rings (SSSR count). The lowest BCUT2D eigenvalue weighted by molar-refractivity contribution is -0.268. The van der Waals surface area contributed by atoms with Crippen molar-refractivity contribution in [2.24, 2.45) is 5.92 Å². The maximum atomic E-state index is 12.9. The molecule has 0 bridgehead atoms. The fraction of sp³-hybridized carbons (Fsp3) is 0.278. The fourth-order valence-corrected chi connectivity index (χ4v) is 6.52. The van der Waals surface area contributed by atoms with E-state index in [2.05, 4.69) is 15.6 Å². The average molecular weight is 672 g/mol. The van der Waals surface area contributed by atoms with E-state index in [1.807, 2.05) is 61.5 Å². The summed E-state index contributed by atoms with van der Waals surface area (Å²) in [4.78, 5) is 41.3. The maximum Gasteiger partial charge on any atom is 0.338 e. The number of rotatable bonds is 12. The van der Waals surface area contributed by atoms with Crippen LogP contribution in [-0.4, -0.2) is 58.2 Å². The van der Waals surface area contributed by atoms with Crippen molar-refractivity contribution in [3.05, 3.63) is 125 Å². The van der Waals surface area contributed by atoms with Gasteiger partial charge in [-0.1, -0.05) is 73.7 Å². The van der Waals surface area contributed by atoms with Crippen molar-refractivity contribution in [2.45, 2.75) is 49.5 Å². The lowest BCUT2D eigenvalue weighted by Crippen LogP contribution is -2.45. The summed E-state index contributed by atoms with van der Waals surface area (Å²) in [6.07, 6.45) is 0.355. The van der Waals surface area contributed by atoms with E-state index in [0.29, 0.717) is 22.0 Å². The lowest BCUT2D eigenvalue weighted by Gasteiger charge is -2.41. The van der Waals surface area contributed by atoms with Gasteiger partial charge in [0.1, 0.15) is 11.1 Å². The Morgan fingerprint density at radius 2 is 1.62 bits per heavy atom. The van der Waals surface area contributed by atoms with Crippen LogP contribution in [0, 0.1) is 5.92 Å². The molecule has 1 aliphatic rings.